The molecule has 1 saturated heterocycles. The van der Waals surface area contributed by atoms with E-state index in [0.717, 1.165) is 52.0 Å². The van der Waals surface area contributed by atoms with Crippen molar-refractivity contribution in [2.75, 3.05) is 26.2 Å². The zero-order chi connectivity index (χ0) is 15.1. The largest absolute Gasteiger partial charge is 0.339 e. The van der Waals surface area contributed by atoms with E-state index in [1.165, 1.54) is 5.56 Å². The van der Waals surface area contributed by atoms with Crippen LogP contribution in [0.25, 0.3) is 0 Å². The van der Waals surface area contributed by atoms with Crippen LogP contribution in [0.4, 0.5) is 0 Å². The predicted octanol–water partition coefficient (Wildman–Crippen LogP) is 1.24. The van der Waals surface area contributed by atoms with Crippen molar-refractivity contribution < 1.29 is 4.79 Å². The number of aromatic nitrogens is 1. The molecule has 1 amide bonds. The third kappa shape index (κ3) is 4.79. The summed E-state index contributed by atoms with van der Waals surface area (Å²) in [5.41, 5.74) is 7.25. The number of carbonyl (C=O) groups excluding carboxylic acids is 1. The van der Waals surface area contributed by atoms with Crippen molar-refractivity contribution in [3.05, 3.63) is 30.1 Å². The lowest BCUT2D eigenvalue weighted by Crippen LogP contribution is -2.52. The van der Waals surface area contributed by atoms with E-state index >= 15 is 0 Å². The molecule has 1 unspecified atom stereocenters. The van der Waals surface area contributed by atoms with Crippen molar-refractivity contribution in [3.63, 3.8) is 0 Å². The van der Waals surface area contributed by atoms with Gasteiger partial charge in [-0.2, -0.15) is 0 Å². The number of hydrogen-bond acceptors (Lipinski definition) is 4. The Morgan fingerprint density at radius 1 is 1.29 bits per heavy atom. The fourth-order valence-electron chi connectivity index (χ4n) is 2.65. The molecule has 0 aromatic carbocycles. The Balaban J connectivity index is 1.76. The Morgan fingerprint density at radius 2 is 1.95 bits per heavy atom. The van der Waals surface area contributed by atoms with Crippen LogP contribution in [-0.4, -0.2) is 52.9 Å². The van der Waals surface area contributed by atoms with E-state index in [1.807, 2.05) is 29.4 Å². The maximum atomic E-state index is 12.2. The lowest BCUT2D eigenvalue weighted by molar-refractivity contribution is -0.134. The monoisotopic (exact) mass is 290 g/mol. The third-order valence-corrected chi connectivity index (χ3v) is 4.03. The minimum Gasteiger partial charge on any atom is -0.339 e. The van der Waals surface area contributed by atoms with Crippen LogP contribution in [0.15, 0.2) is 24.5 Å². The summed E-state index contributed by atoms with van der Waals surface area (Å²) in [6.45, 7) is 6.43. The first-order chi connectivity index (χ1) is 10.2. The van der Waals surface area contributed by atoms with E-state index in [-0.39, 0.29) is 11.9 Å². The topological polar surface area (TPSA) is 62.5 Å². The van der Waals surface area contributed by atoms with Crippen molar-refractivity contribution in [2.24, 2.45) is 5.73 Å². The summed E-state index contributed by atoms with van der Waals surface area (Å²) in [6.07, 6.45) is 6.55. The van der Waals surface area contributed by atoms with Gasteiger partial charge in [0.1, 0.15) is 0 Å². The number of hydrogen-bond donors (Lipinski definition) is 1. The van der Waals surface area contributed by atoms with E-state index in [1.54, 1.807) is 0 Å². The maximum Gasteiger partial charge on any atom is 0.239 e. The number of unbranched alkanes of at least 4 members (excludes halogenated alkanes) is 1. The predicted molar refractivity (Wildman–Crippen MR) is 83.6 cm³/mol. The van der Waals surface area contributed by atoms with Crippen LogP contribution < -0.4 is 5.73 Å². The number of rotatable bonds is 6. The van der Waals surface area contributed by atoms with Gasteiger partial charge in [0.25, 0.3) is 0 Å². The molecule has 2 N–H and O–H groups in total. The van der Waals surface area contributed by atoms with Gasteiger partial charge in [-0.3, -0.25) is 14.7 Å². The molecule has 0 aliphatic carbocycles. The van der Waals surface area contributed by atoms with Gasteiger partial charge < -0.3 is 10.6 Å². The fraction of sp³-hybridized carbons (Fsp3) is 0.625. The molecule has 2 heterocycles. The summed E-state index contributed by atoms with van der Waals surface area (Å²) >= 11 is 0. The van der Waals surface area contributed by atoms with Crippen LogP contribution in [-0.2, 0) is 11.3 Å². The fourth-order valence-corrected chi connectivity index (χ4v) is 2.65. The van der Waals surface area contributed by atoms with Crippen molar-refractivity contribution in [2.45, 2.75) is 38.8 Å². The van der Waals surface area contributed by atoms with Gasteiger partial charge in [-0.15, -0.1) is 0 Å². The number of carbonyl (C=O) groups is 1. The quantitative estimate of drug-likeness (QED) is 0.856. The molecular formula is C16H26N4O. The molecule has 1 aliphatic heterocycles. The van der Waals surface area contributed by atoms with E-state index in [9.17, 15) is 4.79 Å². The van der Waals surface area contributed by atoms with Crippen LogP contribution >= 0.6 is 0 Å². The number of amides is 1. The molecule has 1 aromatic heterocycles. The lowest BCUT2D eigenvalue weighted by Gasteiger charge is -2.36. The highest BCUT2D eigenvalue weighted by molar-refractivity contribution is 5.81. The average molecular weight is 290 g/mol. The molecule has 1 fully saturated rings. The molecule has 5 nitrogen and oxygen atoms in total. The molecule has 1 aromatic rings. The molecule has 0 spiro atoms. The smallest absolute Gasteiger partial charge is 0.239 e. The summed E-state index contributed by atoms with van der Waals surface area (Å²) in [4.78, 5) is 20.6. The van der Waals surface area contributed by atoms with Crippen LogP contribution in [0.1, 0.15) is 31.7 Å². The SMILES string of the molecule is CCCCC(N)C(=O)N1CCN(Cc2ccncc2)CC1. The molecule has 0 bridgehead atoms. The van der Waals surface area contributed by atoms with Crippen LogP contribution in [0.5, 0.6) is 0 Å². The minimum atomic E-state index is -0.323. The summed E-state index contributed by atoms with van der Waals surface area (Å²) in [5.74, 6) is 0.118. The van der Waals surface area contributed by atoms with E-state index < -0.39 is 0 Å². The van der Waals surface area contributed by atoms with Crippen LogP contribution in [0.2, 0.25) is 0 Å². The van der Waals surface area contributed by atoms with E-state index in [4.69, 9.17) is 5.73 Å². The first-order valence-electron chi connectivity index (χ1n) is 7.86. The molecular weight excluding hydrogens is 264 g/mol. The highest BCUT2D eigenvalue weighted by atomic mass is 16.2. The van der Waals surface area contributed by atoms with Gasteiger partial charge in [-0.25, -0.2) is 0 Å². The Hall–Kier alpha value is -1.46. The second kappa shape index (κ2) is 8.10. The molecule has 1 atom stereocenters. The summed E-state index contributed by atoms with van der Waals surface area (Å²) in [6, 6.07) is 3.76. The molecule has 0 saturated carbocycles. The molecule has 2 rings (SSSR count). The van der Waals surface area contributed by atoms with Gasteiger partial charge in [0, 0.05) is 45.1 Å². The summed E-state index contributed by atoms with van der Waals surface area (Å²) in [5, 5.41) is 0. The Morgan fingerprint density at radius 3 is 2.57 bits per heavy atom. The Kier molecular flexibility index (Phi) is 6.14. The third-order valence-electron chi connectivity index (χ3n) is 4.03. The van der Waals surface area contributed by atoms with Gasteiger partial charge in [-0.05, 0) is 24.1 Å². The normalized spacial score (nSPS) is 17.7. The van der Waals surface area contributed by atoms with Gasteiger partial charge in [0.2, 0.25) is 5.91 Å². The summed E-state index contributed by atoms with van der Waals surface area (Å²) < 4.78 is 0. The lowest BCUT2D eigenvalue weighted by atomic mass is 10.1. The highest BCUT2D eigenvalue weighted by Crippen LogP contribution is 2.10. The molecule has 0 radical (unpaired) electrons. The van der Waals surface area contributed by atoms with Gasteiger partial charge in [0.15, 0.2) is 0 Å². The van der Waals surface area contributed by atoms with Gasteiger partial charge in [-0.1, -0.05) is 19.8 Å². The molecule has 5 heteroatoms. The Bertz CT molecular complexity index is 429. The van der Waals surface area contributed by atoms with Crippen molar-refractivity contribution in [3.8, 4) is 0 Å². The average Bonchev–Trinajstić information content (AvgIpc) is 2.53. The number of nitrogens with two attached hydrogens (primary N) is 1. The van der Waals surface area contributed by atoms with Gasteiger partial charge >= 0.3 is 0 Å². The first kappa shape index (κ1) is 15.9. The second-order valence-corrected chi connectivity index (χ2v) is 5.71. The maximum absolute atomic E-state index is 12.2. The molecule has 21 heavy (non-hydrogen) atoms. The highest BCUT2D eigenvalue weighted by Gasteiger charge is 2.24. The van der Waals surface area contributed by atoms with Crippen molar-refractivity contribution >= 4 is 5.91 Å². The first-order valence-corrected chi connectivity index (χ1v) is 7.86. The minimum absolute atomic E-state index is 0.118. The zero-order valence-electron chi connectivity index (χ0n) is 12.9. The second-order valence-electron chi connectivity index (χ2n) is 5.71. The standard InChI is InChI=1S/C16H26N4O/c1-2-3-4-15(17)16(21)20-11-9-19(10-12-20)13-14-5-7-18-8-6-14/h5-8,15H,2-4,9-13,17H2,1H3. The van der Waals surface area contributed by atoms with Crippen molar-refractivity contribution in [1.29, 1.82) is 0 Å². The number of nitrogens with zero attached hydrogens (tertiary/aromatic N) is 3. The van der Waals surface area contributed by atoms with Crippen molar-refractivity contribution in [1.82, 2.24) is 14.8 Å². The Labute approximate surface area is 127 Å². The number of pyridine rings is 1. The zero-order valence-corrected chi connectivity index (χ0v) is 12.9. The van der Waals surface area contributed by atoms with Crippen LogP contribution in [0.3, 0.4) is 0 Å². The molecule has 116 valence electrons. The van der Waals surface area contributed by atoms with Gasteiger partial charge in [0.05, 0.1) is 6.04 Å². The molecule has 1 aliphatic rings. The summed E-state index contributed by atoms with van der Waals surface area (Å²) in [7, 11) is 0. The number of piperazine rings is 1. The van der Waals surface area contributed by atoms with E-state index in [0.29, 0.717) is 0 Å². The van der Waals surface area contributed by atoms with Crippen LogP contribution in [0, 0.1) is 0 Å². The van der Waals surface area contributed by atoms with E-state index in [2.05, 4.69) is 16.8 Å².